The van der Waals surface area contributed by atoms with Gasteiger partial charge in [0.1, 0.15) is 11.1 Å². The predicted octanol–water partition coefficient (Wildman–Crippen LogP) is -0.548. The van der Waals surface area contributed by atoms with Gasteiger partial charge in [-0.05, 0) is 49.6 Å². The summed E-state index contributed by atoms with van der Waals surface area (Å²) in [5, 5.41) is 5.40. The first kappa shape index (κ1) is 31.3. The summed E-state index contributed by atoms with van der Waals surface area (Å²) in [5.41, 5.74) is 25.0. The molecule has 1 aromatic heterocycles. The summed E-state index contributed by atoms with van der Waals surface area (Å²) in [4.78, 5) is 53.3. The summed E-state index contributed by atoms with van der Waals surface area (Å²) in [5.74, 6) is 3.22. The van der Waals surface area contributed by atoms with Crippen LogP contribution in [0.3, 0.4) is 0 Å². The number of nitrogen functional groups attached to an aromatic ring is 2. The number of guanidine groups is 1. The second-order valence-corrected chi connectivity index (χ2v) is 8.57. The first-order valence-electron chi connectivity index (χ1n) is 12.3. The van der Waals surface area contributed by atoms with Crippen LogP contribution in [0.1, 0.15) is 28.8 Å². The highest BCUT2D eigenvalue weighted by atomic mass is 16.4. The van der Waals surface area contributed by atoms with Crippen LogP contribution in [-0.2, 0) is 9.59 Å². The fourth-order valence-electron chi connectivity index (χ4n) is 3.63. The maximum Gasteiger partial charge on any atom is 0.347 e. The fourth-order valence-corrected chi connectivity index (χ4v) is 3.63. The lowest BCUT2D eigenvalue weighted by molar-refractivity contribution is -0.125. The summed E-state index contributed by atoms with van der Waals surface area (Å²) >= 11 is 0. The van der Waals surface area contributed by atoms with Crippen molar-refractivity contribution in [2.24, 2.45) is 28.0 Å². The van der Waals surface area contributed by atoms with E-state index < -0.39 is 29.3 Å². The molecule has 2 aromatic carbocycles. The largest absolute Gasteiger partial charge is 0.422 e. The predicted molar refractivity (Wildman–Crippen MR) is 154 cm³/mol. The number of aryl methyl sites for hydroxylation is 1. The van der Waals surface area contributed by atoms with Crippen LogP contribution in [0.2, 0.25) is 0 Å². The molecule has 13 N–H and O–H groups in total. The lowest BCUT2D eigenvalue weighted by Crippen LogP contribution is -2.47. The van der Waals surface area contributed by atoms with Gasteiger partial charge in [0, 0.05) is 29.4 Å². The average molecular weight is 554 g/mol. The van der Waals surface area contributed by atoms with E-state index in [1.54, 1.807) is 19.1 Å². The van der Waals surface area contributed by atoms with E-state index >= 15 is 0 Å². The standard InChI is InChI=1S/C20H27N7O5.C6H8N2/c1-10-12-5-4-11(22)7-14(12)32-19(31)17(10)18(30)13(3-2-6-25-20(23)24)27-16(29)9-26-15(28)8-21;7-8-6-4-2-1-3-5-6/h4-5,7,13H,2-3,6,8-9,21-22H2,1H3,(H,26,28)(H,27,29)(H4,23,24,25);1-5,8H,7H2/t13-;/m0./s1. The van der Waals surface area contributed by atoms with Gasteiger partial charge in [0.2, 0.25) is 11.8 Å². The zero-order valence-corrected chi connectivity index (χ0v) is 22.1. The van der Waals surface area contributed by atoms with Gasteiger partial charge in [-0.1, -0.05) is 18.2 Å². The van der Waals surface area contributed by atoms with Gasteiger partial charge in [0.05, 0.1) is 19.1 Å². The Bertz CT molecular complexity index is 1400. The number of anilines is 2. The molecule has 1 heterocycles. The fraction of sp³-hybridized carbons (Fsp3) is 0.269. The van der Waals surface area contributed by atoms with Gasteiger partial charge in [-0.15, -0.1) is 0 Å². The molecule has 0 saturated carbocycles. The molecule has 0 aliphatic rings. The molecule has 14 heteroatoms. The molecule has 0 saturated heterocycles. The first-order chi connectivity index (χ1) is 19.1. The Morgan fingerprint density at radius 3 is 2.35 bits per heavy atom. The summed E-state index contributed by atoms with van der Waals surface area (Å²) in [6.07, 6.45) is 0.489. The van der Waals surface area contributed by atoms with Gasteiger partial charge < -0.3 is 43.4 Å². The van der Waals surface area contributed by atoms with Gasteiger partial charge >= 0.3 is 5.63 Å². The zero-order chi connectivity index (χ0) is 29.7. The second-order valence-electron chi connectivity index (χ2n) is 8.57. The zero-order valence-electron chi connectivity index (χ0n) is 22.1. The van der Waals surface area contributed by atoms with Crippen LogP contribution < -0.4 is 50.5 Å². The van der Waals surface area contributed by atoms with Crippen LogP contribution in [0.5, 0.6) is 0 Å². The molecule has 40 heavy (non-hydrogen) atoms. The SMILES string of the molecule is Cc1c(C(=O)[C@H](CCCN=C(N)N)NC(=O)CNC(=O)CN)c(=O)oc2cc(N)ccc12.NNc1ccccc1. The monoisotopic (exact) mass is 553 g/mol. The van der Waals surface area contributed by atoms with Gasteiger partial charge in [-0.2, -0.15) is 0 Å². The van der Waals surface area contributed by atoms with E-state index in [1.165, 1.54) is 6.07 Å². The molecule has 3 rings (SSSR count). The van der Waals surface area contributed by atoms with Crippen molar-refractivity contribution in [3.05, 3.63) is 70.1 Å². The Labute approximate surface area is 230 Å². The molecule has 0 aliphatic heterocycles. The minimum atomic E-state index is -1.07. The number of aliphatic imine (C=N–C) groups is 1. The number of fused-ring (bicyclic) bond motifs is 1. The molecule has 0 bridgehead atoms. The molecule has 14 nitrogen and oxygen atoms in total. The van der Waals surface area contributed by atoms with Crippen LogP contribution in [-0.4, -0.2) is 49.2 Å². The number of ketones is 1. The van der Waals surface area contributed by atoms with E-state index in [2.05, 4.69) is 21.1 Å². The number of nitrogens with one attached hydrogen (secondary N) is 3. The number of Topliss-reactive ketones (excluding diaryl/α,β-unsaturated/α-hetero) is 1. The van der Waals surface area contributed by atoms with Crippen LogP contribution in [0.15, 0.2) is 62.7 Å². The number of rotatable bonds is 11. The lowest BCUT2D eigenvalue weighted by atomic mass is 9.96. The Morgan fingerprint density at radius 2 is 1.75 bits per heavy atom. The van der Waals surface area contributed by atoms with E-state index in [4.69, 9.17) is 33.2 Å². The van der Waals surface area contributed by atoms with Gasteiger partial charge in [0.25, 0.3) is 0 Å². The molecular weight excluding hydrogens is 518 g/mol. The van der Waals surface area contributed by atoms with Crippen molar-refractivity contribution in [3.8, 4) is 0 Å². The molecule has 0 unspecified atom stereocenters. The molecule has 3 aromatic rings. The van der Waals surface area contributed by atoms with Crippen molar-refractivity contribution in [1.29, 1.82) is 0 Å². The highest BCUT2D eigenvalue weighted by molar-refractivity contribution is 6.05. The second kappa shape index (κ2) is 15.5. The molecule has 0 aliphatic carbocycles. The van der Waals surface area contributed by atoms with Crippen LogP contribution in [0.4, 0.5) is 11.4 Å². The summed E-state index contributed by atoms with van der Waals surface area (Å²) < 4.78 is 5.29. The summed E-state index contributed by atoms with van der Waals surface area (Å²) in [6.45, 7) is 1.17. The molecule has 0 spiro atoms. The van der Waals surface area contributed by atoms with Gasteiger partial charge in [0.15, 0.2) is 11.7 Å². The summed E-state index contributed by atoms with van der Waals surface area (Å²) in [7, 11) is 0. The van der Waals surface area contributed by atoms with E-state index in [0.29, 0.717) is 23.1 Å². The Kier molecular flexibility index (Phi) is 12.1. The van der Waals surface area contributed by atoms with E-state index in [9.17, 15) is 19.2 Å². The third-order valence-corrected chi connectivity index (χ3v) is 5.61. The van der Waals surface area contributed by atoms with Crippen LogP contribution in [0.25, 0.3) is 11.0 Å². The Morgan fingerprint density at radius 1 is 1.05 bits per heavy atom. The highest BCUT2D eigenvalue weighted by Gasteiger charge is 2.27. The van der Waals surface area contributed by atoms with Crippen molar-refractivity contribution in [2.75, 3.05) is 30.8 Å². The van der Waals surface area contributed by atoms with E-state index in [1.807, 2.05) is 30.3 Å². The maximum atomic E-state index is 13.3. The van der Waals surface area contributed by atoms with Crippen molar-refractivity contribution < 1.29 is 18.8 Å². The average Bonchev–Trinajstić information content (AvgIpc) is 2.93. The molecular formula is C26H35N9O5. The smallest absolute Gasteiger partial charge is 0.347 e. The Balaban J connectivity index is 0.000000598. The van der Waals surface area contributed by atoms with E-state index in [0.717, 1.165) is 5.69 Å². The minimum Gasteiger partial charge on any atom is -0.422 e. The van der Waals surface area contributed by atoms with Crippen molar-refractivity contribution in [1.82, 2.24) is 10.6 Å². The lowest BCUT2D eigenvalue weighted by Gasteiger charge is -2.18. The number of carbonyl (C=O) groups excluding carboxylic acids is 3. The first-order valence-corrected chi connectivity index (χ1v) is 12.3. The van der Waals surface area contributed by atoms with Gasteiger partial charge in [-0.3, -0.25) is 25.2 Å². The third kappa shape index (κ3) is 9.41. The maximum absolute atomic E-state index is 13.3. The highest BCUT2D eigenvalue weighted by Crippen LogP contribution is 2.23. The number of hydrazine groups is 1. The van der Waals surface area contributed by atoms with E-state index in [-0.39, 0.29) is 43.2 Å². The van der Waals surface area contributed by atoms with Gasteiger partial charge in [-0.25, -0.2) is 4.79 Å². The molecule has 2 amide bonds. The molecule has 0 radical (unpaired) electrons. The number of hydrogen-bond donors (Lipinski definition) is 8. The van der Waals surface area contributed by atoms with Crippen molar-refractivity contribution in [2.45, 2.75) is 25.8 Å². The number of carbonyl (C=O) groups is 3. The number of benzene rings is 2. The molecule has 214 valence electrons. The normalized spacial score (nSPS) is 11.0. The van der Waals surface area contributed by atoms with Crippen molar-refractivity contribution in [3.63, 3.8) is 0 Å². The number of nitrogens with two attached hydrogens (primary N) is 5. The quantitative estimate of drug-likeness (QED) is 0.0218. The number of amides is 2. The number of para-hydroxylation sites is 1. The molecule has 1 atom stereocenters. The molecule has 0 fully saturated rings. The number of hydrogen-bond acceptors (Lipinski definition) is 10. The number of nitrogens with zero attached hydrogens (tertiary/aromatic N) is 1. The minimum absolute atomic E-state index is 0.105. The topological polar surface area (TPSA) is 260 Å². The summed E-state index contributed by atoms with van der Waals surface area (Å²) in [6, 6.07) is 13.3. The van der Waals surface area contributed by atoms with Crippen LogP contribution >= 0.6 is 0 Å². The Hall–Kier alpha value is -4.95. The van der Waals surface area contributed by atoms with Crippen molar-refractivity contribution >= 4 is 45.9 Å². The van der Waals surface area contributed by atoms with Crippen LogP contribution in [0, 0.1) is 6.92 Å². The third-order valence-electron chi connectivity index (χ3n) is 5.61.